The van der Waals surface area contributed by atoms with E-state index in [1.165, 1.54) is 12.3 Å². The lowest BCUT2D eigenvalue weighted by Crippen LogP contribution is -2.21. The van der Waals surface area contributed by atoms with Crippen LogP contribution in [0.15, 0.2) is 42.7 Å². The van der Waals surface area contributed by atoms with Gasteiger partial charge < -0.3 is 10.6 Å². The first-order valence-corrected chi connectivity index (χ1v) is 6.18. The number of pyridine rings is 1. The average Bonchev–Trinajstić information content (AvgIpc) is 2.38. The predicted octanol–water partition coefficient (Wildman–Crippen LogP) is 2.49. The van der Waals surface area contributed by atoms with Crippen LogP contribution in [0.2, 0.25) is 0 Å². The summed E-state index contributed by atoms with van der Waals surface area (Å²) in [6.07, 6.45) is 2.83. The Bertz CT molecular complexity index is 601. The first-order valence-electron chi connectivity index (χ1n) is 5.77. The molecule has 0 radical (unpaired) electrons. The molecular formula is C14H14FN3S. The molecule has 0 amide bonds. The highest BCUT2D eigenvalue weighted by molar-refractivity contribution is 7.80. The van der Waals surface area contributed by atoms with E-state index in [0.29, 0.717) is 11.5 Å². The summed E-state index contributed by atoms with van der Waals surface area (Å²) in [5.74, 6) is -0.339. The molecule has 0 aliphatic rings. The van der Waals surface area contributed by atoms with Crippen molar-refractivity contribution in [2.75, 3.05) is 11.9 Å². The summed E-state index contributed by atoms with van der Waals surface area (Å²) in [6, 6.07) is 9.07. The summed E-state index contributed by atoms with van der Waals surface area (Å²) >= 11 is 5.03. The molecule has 0 spiro atoms. The van der Waals surface area contributed by atoms with Crippen molar-refractivity contribution in [2.45, 2.75) is 6.54 Å². The molecule has 5 heteroatoms. The minimum Gasteiger partial charge on any atom is -0.389 e. The van der Waals surface area contributed by atoms with E-state index in [1.807, 2.05) is 36.2 Å². The Labute approximate surface area is 116 Å². The second-order valence-corrected chi connectivity index (χ2v) is 4.69. The first kappa shape index (κ1) is 13.4. The van der Waals surface area contributed by atoms with Gasteiger partial charge in [0, 0.05) is 31.0 Å². The standard InChI is InChI=1S/C14H14FN3S/c1-18(9-10-6-11(15)8-17-7-10)13-5-3-2-4-12(13)14(16)19/h2-8H,9H2,1H3,(H2,16,19). The van der Waals surface area contributed by atoms with E-state index in [9.17, 15) is 4.39 Å². The number of para-hydroxylation sites is 1. The van der Waals surface area contributed by atoms with Crippen LogP contribution >= 0.6 is 12.2 Å². The van der Waals surface area contributed by atoms with Crippen LogP contribution < -0.4 is 10.6 Å². The van der Waals surface area contributed by atoms with Gasteiger partial charge in [-0.3, -0.25) is 4.98 Å². The van der Waals surface area contributed by atoms with Crippen molar-refractivity contribution < 1.29 is 4.39 Å². The maximum absolute atomic E-state index is 13.1. The molecule has 0 fully saturated rings. The summed E-state index contributed by atoms with van der Waals surface area (Å²) in [4.78, 5) is 6.15. The van der Waals surface area contributed by atoms with Crippen molar-refractivity contribution in [3.05, 3.63) is 59.7 Å². The molecule has 1 aromatic heterocycles. The topological polar surface area (TPSA) is 42.2 Å². The molecule has 1 heterocycles. The number of anilines is 1. The molecular weight excluding hydrogens is 261 g/mol. The minimum absolute atomic E-state index is 0.339. The van der Waals surface area contributed by atoms with Crippen LogP contribution in [0.25, 0.3) is 0 Å². The van der Waals surface area contributed by atoms with Crippen LogP contribution in [-0.2, 0) is 6.54 Å². The largest absolute Gasteiger partial charge is 0.389 e. The van der Waals surface area contributed by atoms with Gasteiger partial charge in [0.25, 0.3) is 0 Å². The number of hydrogen-bond donors (Lipinski definition) is 1. The summed E-state index contributed by atoms with van der Waals surface area (Å²) < 4.78 is 13.1. The summed E-state index contributed by atoms with van der Waals surface area (Å²) in [5.41, 5.74) is 8.22. The third-order valence-electron chi connectivity index (χ3n) is 2.76. The molecule has 2 N–H and O–H groups in total. The molecule has 98 valence electrons. The SMILES string of the molecule is CN(Cc1cncc(F)c1)c1ccccc1C(N)=S. The molecule has 0 unspecified atom stereocenters. The number of thiocarbonyl (C=S) groups is 1. The van der Waals surface area contributed by atoms with Gasteiger partial charge in [-0.05, 0) is 23.8 Å². The van der Waals surface area contributed by atoms with E-state index in [1.54, 1.807) is 6.20 Å². The molecule has 0 saturated carbocycles. The van der Waals surface area contributed by atoms with Crippen LogP contribution in [0.1, 0.15) is 11.1 Å². The maximum Gasteiger partial charge on any atom is 0.141 e. The number of rotatable bonds is 4. The molecule has 0 aliphatic carbocycles. The molecule has 0 bridgehead atoms. The molecule has 19 heavy (non-hydrogen) atoms. The lowest BCUT2D eigenvalue weighted by molar-refractivity contribution is 0.618. The second-order valence-electron chi connectivity index (χ2n) is 4.25. The first-order chi connectivity index (χ1) is 9.08. The Morgan fingerprint density at radius 1 is 1.37 bits per heavy atom. The van der Waals surface area contributed by atoms with Crippen LogP contribution in [-0.4, -0.2) is 17.0 Å². The fraction of sp³-hybridized carbons (Fsp3) is 0.143. The van der Waals surface area contributed by atoms with Gasteiger partial charge in [-0.15, -0.1) is 0 Å². The molecule has 2 aromatic rings. The number of halogens is 1. The summed E-state index contributed by atoms with van der Waals surface area (Å²) in [7, 11) is 1.90. The normalized spacial score (nSPS) is 10.2. The molecule has 1 aromatic carbocycles. The van der Waals surface area contributed by atoms with Gasteiger partial charge in [-0.2, -0.15) is 0 Å². The number of nitrogens with two attached hydrogens (primary N) is 1. The monoisotopic (exact) mass is 275 g/mol. The van der Waals surface area contributed by atoms with Gasteiger partial charge in [-0.1, -0.05) is 24.4 Å². The lowest BCUT2D eigenvalue weighted by Gasteiger charge is -2.22. The van der Waals surface area contributed by atoms with Crippen molar-refractivity contribution >= 4 is 22.9 Å². The fourth-order valence-electron chi connectivity index (χ4n) is 1.92. The van der Waals surface area contributed by atoms with Crippen LogP contribution in [0.5, 0.6) is 0 Å². The number of nitrogens with zero attached hydrogens (tertiary/aromatic N) is 2. The van der Waals surface area contributed by atoms with Gasteiger partial charge in [0.15, 0.2) is 0 Å². The fourth-order valence-corrected chi connectivity index (χ4v) is 2.09. The molecule has 3 nitrogen and oxygen atoms in total. The van der Waals surface area contributed by atoms with E-state index >= 15 is 0 Å². The highest BCUT2D eigenvalue weighted by atomic mass is 32.1. The summed E-state index contributed by atoms with van der Waals surface area (Å²) in [6.45, 7) is 0.532. The van der Waals surface area contributed by atoms with Crippen molar-refractivity contribution in [1.29, 1.82) is 0 Å². The Morgan fingerprint density at radius 3 is 2.79 bits per heavy atom. The van der Waals surface area contributed by atoms with Crippen LogP contribution in [0, 0.1) is 5.82 Å². The Balaban J connectivity index is 2.25. The smallest absolute Gasteiger partial charge is 0.141 e. The predicted molar refractivity (Wildman–Crippen MR) is 78.6 cm³/mol. The average molecular weight is 275 g/mol. The maximum atomic E-state index is 13.1. The van der Waals surface area contributed by atoms with E-state index in [4.69, 9.17) is 18.0 Å². The Kier molecular flexibility index (Phi) is 4.06. The van der Waals surface area contributed by atoms with Gasteiger partial charge in [0.1, 0.15) is 10.8 Å². The molecule has 0 atom stereocenters. The number of benzene rings is 1. The third-order valence-corrected chi connectivity index (χ3v) is 2.98. The zero-order chi connectivity index (χ0) is 13.8. The van der Waals surface area contributed by atoms with Crippen molar-refractivity contribution in [1.82, 2.24) is 4.98 Å². The van der Waals surface area contributed by atoms with Crippen molar-refractivity contribution in [3.63, 3.8) is 0 Å². The van der Waals surface area contributed by atoms with Crippen LogP contribution in [0.4, 0.5) is 10.1 Å². The summed E-state index contributed by atoms with van der Waals surface area (Å²) in [5, 5.41) is 0. The van der Waals surface area contributed by atoms with Crippen LogP contribution in [0.3, 0.4) is 0 Å². The number of hydrogen-bond acceptors (Lipinski definition) is 3. The van der Waals surface area contributed by atoms with E-state index in [2.05, 4.69) is 4.98 Å². The Hall–Kier alpha value is -2.01. The third kappa shape index (κ3) is 3.26. The lowest BCUT2D eigenvalue weighted by atomic mass is 10.1. The van der Waals surface area contributed by atoms with E-state index in [-0.39, 0.29) is 5.82 Å². The number of aromatic nitrogens is 1. The van der Waals surface area contributed by atoms with Crippen molar-refractivity contribution in [3.8, 4) is 0 Å². The van der Waals surface area contributed by atoms with Crippen molar-refractivity contribution in [2.24, 2.45) is 5.73 Å². The molecule has 0 aliphatic heterocycles. The highest BCUT2D eigenvalue weighted by Crippen LogP contribution is 2.20. The molecule has 0 saturated heterocycles. The van der Waals surface area contributed by atoms with E-state index in [0.717, 1.165) is 16.8 Å². The van der Waals surface area contributed by atoms with Gasteiger partial charge in [0.05, 0.1) is 6.20 Å². The zero-order valence-corrected chi connectivity index (χ0v) is 11.3. The van der Waals surface area contributed by atoms with E-state index < -0.39 is 0 Å². The second kappa shape index (κ2) is 5.75. The molecule has 2 rings (SSSR count). The Morgan fingerprint density at radius 2 is 2.11 bits per heavy atom. The van der Waals surface area contributed by atoms with Gasteiger partial charge >= 0.3 is 0 Å². The highest BCUT2D eigenvalue weighted by Gasteiger charge is 2.09. The van der Waals surface area contributed by atoms with Gasteiger partial charge in [-0.25, -0.2) is 4.39 Å². The zero-order valence-electron chi connectivity index (χ0n) is 10.5. The minimum atomic E-state index is -0.339. The van der Waals surface area contributed by atoms with Gasteiger partial charge in [0.2, 0.25) is 0 Å². The quantitative estimate of drug-likeness (QED) is 0.871.